The molecule has 44 heavy (non-hydrogen) atoms. The molecule has 0 aromatic rings. The molecule has 0 spiro atoms. The first-order valence-corrected chi connectivity index (χ1v) is 17.0. The van der Waals surface area contributed by atoms with E-state index in [0.717, 1.165) is 25.7 Å². The molecule has 0 saturated heterocycles. The number of halogens is 1. The Kier molecular flexibility index (Phi) is 16.1. The Labute approximate surface area is 264 Å². The second-order valence-electron chi connectivity index (χ2n) is 13.8. The monoisotopic (exact) mass is 625 g/mol. The maximum absolute atomic E-state index is 14.5. The molecule has 11 heteroatoms. The van der Waals surface area contributed by atoms with Gasteiger partial charge in [0.1, 0.15) is 6.17 Å². The lowest BCUT2D eigenvalue weighted by Gasteiger charge is -2.38. The van der Waals surface area contributed by atoms with E-state index in [4.69, 9.17) is 5.73 Å². The van der Waals surface area contributed by atoms with Crippen LogP contribution in [-0.2, 0) is 19.2 Å². The largest absolute Gasteiger partial charge is 0.390 e. The van der Waals surface area contributed by atoms with E-state index in [2.05, 4.69) is 10.7 Å². The fraction of sp³-hybridized carbons (Fsp3) is 0.879. The summed E-state index contributed by atoms with van der Waals surface area (Å²) in [4.78, 5) is 54.0. The first-order chi connectivity index (χ1) is 20.8. The predicted molar refractivity (Wildman–Crippen MR) is 169 cm³/mol. The van der Waals surface area contributed by atoms with E-state index < -0.39 is 42.0 Å². The van der Waals surface area contributed by atoms with E-state index in [9.17, 15) is 28.7 Å². The number of nitrogens with one attached hydrogen (secondary N) is 2. The number of carbonyl (C=O) groups is 4. The molecule has 2 rings (SSSR count). The number of nitrogens with zero attached hydrogens (tertiary/aromatic N) is 2. The number of aliphatic hydroxyl groups is 1. The van der Waals surface area contributed by atoms with Gasteiger partial charge < -0.3 is 21.1 Å². The highest BCUT2D eigenvalue weighted by Crippen LogP contribution is 2.36. The summed E-state index contributed by atoms with van der Waals surface area (Å²) in [7, 11) is 0. The third-order valence-electron chi connectivity index (χ3n) is 9.18. The van der Waals surface area contributed by atoms with Crippen LogP contribution in [0.25, 0.3) is 0 Å². The summed E-state index contributed by atoms with van der Waals surface area (Å²) in [6.45, 7) is 13.5. The highest BCUT2D eigenvalue weighted by atomic mass is 19.1. The molecule has 0 aliphatic heterocycles. The van der Waals surface area contributed by atoms with Crippen LogP contribution < -0.4 is 16.5 Å². The van der Waals surface area contributed by atoms with Crippen LogP contribution in [0.2, 0.25) is 0 Å². The average Bonchev–Trinajstić information content (AvgIpc) is 2.95. The van der Waals surface area contributed by atoms with Crippen LogP contribution in [0.5, 0.6) is 0 Å². The molecule has 0 aromatic heterocycles. The fourth-order valence-electron chi connectivity index (χ4n) is 7.02. The number of nitrogens with two attached hydrogens (primary N) is 1. The van der Waals surface area contributed by atoms with E-state index in [1.54, 1.807) is 18.9 Å². The number of hydrogen-bond acceptors (Lipinski definition) is 6. The molecule has 254 valence electrons. The summed E-state index contributed by atoms with van der Waals surface area (Å²) >= 11 is 0. The van der Waals surface area contributed by atoms with Crippen LogP contribution in [0.1, 0.15) is 106 Å². The Balaban J connectivity index is 2.28. The quantitative estimate of drug-likeness (QED) is 0.182. The Bertz CT molecular complexity index is 920. The Morgan fingerprint density at radius 3 is 2.02 bits per heavy atom. The minimum absolute atomic E-state index is 0.0192. The summed E-state index contributed by atoms with van der Waals surface area (Å²) in [6, 6.07) is -0.694. The van der Waals surface area contributed by atoms with Crippen LogP contribution in [0.15, 0.2) is 0 Å². The van der Waals surface area contributed by atoms with Crippen molar-refractivity contribution < 1.29 is 28.7 Å². The summed E-state index contributed by atoms with van der Waals surface area (Å²) in [5.74, 6) is -2.82. The van der Waals surface area contributed by atoms with Gasteiger partial charge in [0.05, 0.1) is 12.1 Å². The third-order valence-corrected chi connectivity index (χ3v) is 9.18. The van der Waals surface area contributed by atoms with Crippen molar-refractivity contribution in [3.05, 3.63) is 0 Å². The molecule has 0 radical (unpaired) electrons. The third kappa shape index (κ3) is 11.9. The molecule has 0 aromatic carbocycles. The molecule has 10 nitrogen and oxygen atoms in total. The number of carbonyl (C=O) groups excluding carboxylic acids is 4. The topological polar surface area (TPSA) is 145 Å². The first kappa shape index (κ1) is 37.9. The lowest BCUT2D eigenvalue weighted by atomic mass is 9.73. The zero-order valence-electron chi connectivity index (χ0n) is 28.0. The lowest BCUT2D eigenvalue weighted by Crippen LogP contribution is -2.55. The molecule has 2 aliphatic rings. The highest BCUT2D eigenvalue weighted by Gasteiger charge is 2.41. The fourth-order valence-corrected chi connectivity index (χ4v) is 7.02. The van der Waals surface area contributed by atoms with Crippen molar-refractivity contribution in [2.24, 2.45) is 41.2 Å². The summed E-state index contributed by atoms with van der Waals surface area (Å²) < 4.78 is 14.5. The van der Waals surface area contributed by atoms with Gasteiger partial charge in [-0.1, -0.05) is 41.5 Å². The molecular weight excluding hydrogens is 565 g/mol. The summed E-state index contributed by atoms with van der Waals surface area (Å²) in [5.41, 5.74) is 8.59. The number of primary amides is 1. The van der Waals surface area contributed by atoms with Crippen molar-refractivity contribution in [2.45, 2.75) is 124 Å². The zero-order valence-corrected chi connectivity index (χ0v) is 28.0. The molecule has 2 saturated carbocycles. The van der Waals surface area contributed by atoms with Gasteiger partial charge in [-0.05, 0) is 76.0 Å². The summed E-state index contributed by atoms with van der Waals surface area (Å²) in [6.07, 6.45) is 3.37. The van der Waals surface area contributed by atoms with Crippen LogP contribution in [0.4, 0.5) is 4.39 Å². The van der Waals surface area contributed by atoms with Crippen molar-refractivity contribution >= 4 is 23.6 Å². The average molecular weight is 626 g/mol. The van der Waals surface area contributed by atoms with Gasteiger partial charge in [0.2, 0.25) is 23.6 Å². The predicted octanol–water partition coefficient (Wildman–Crippen LogP) is 3.56. The van der Waals surface area contributed by atoms with Gasteiger partial charge >= 0.3 is 0 Å². The molecule has 2 fully saturated rings. The van der Waals surface area contributed by atoms with E-state index >= 15 is 0 Å². The van der Waals surface area contributed by atoms with Gasteiger partial charge in [-0.15, -0.1) is 0 Å². The Hall–Kier alpha value is -2.27. The second-order valence-corrected chi connectivity index (χ2v) is 13.8. The second kappa shape index (κ2) is 18.6. The molecule has 4 amide bonds. The number of hydrazine groups is 1. The molecule has 0 heterocycles. The molecular formula is C33H60FN5O5. The van der Waals surface area contributed by atoms with Crippen LogP contribution in [0.3, 0.4) is 0 Å². The molecule has 5 N–H and O–H groups in total. The van der Waals surface area contributed by atoms with Crippen LogP contribution in [0, 0.1) is 35.5 Å². The Morgan fingerprint density at radius 1 is 0.886 bits per heavy atom. The number of alkyl halides is 1. The molecule has 8 atom stereocenters. The van der Waals surface area contributed by atoms with Crippen molar-refractivity contribution in [2.75, 3.05) is 26.2 Å². The SMILES string of the molecule is CCCN(CC(O)C(CC1CC(C)CC(F)C1)NC(=O)C1CC(C(N)=O)CC(C(=O)N(CCC)CCC)C1)NC(=O)C(C)C. The van der Waals surface area contributed by atoms with Gasteiger partial charge in [-0.3, -0.25) is 24.6 Å². The van der Waals surface area contributed by atoms with Gasteiger partial charge in [0.25, 0.3) is 0 Å². The van der Waals surface area contributed by atoms with Crippen molar-refractivity contribution in [1.29, 1.82) is 0 Å². The minimum Gasteiger partial charge on any atom is -0.390 e. The van der Waals surface area contributed by atoms with Crippen molar-refractivity contribution in [1.82, 2.24) is 20.7 Å². The van der Waals surface area contributed by atoms with E-state index in [1.165, 1.54) is 0 Å². The summed E-state index contributed by atoms with van der Waals surface area (Å²) in [5, 5.41) is 16.2. The molecule has 0 bridgehead atoms. The van der Waals surface area contributed by atoms with Gasteiger partial charge in [0, 0.05) is 49.9 Å². The van der Waals surface area contributed by atoms with Crippen molar-refractivity contribution in [3.8, 4) is 0 Å². The number of hydrogen-bond donors (Lipinski definition) is 4. The maximum atomic E-state index is 14.5. The smallest absolute Gasteiger partial charge is 0.236 e. The standard InChI is InChI=1S/C33H60FN5O5/c1-7-10-38(11-8-2)33(44)26-18-24(30(35)41)17-25(19-26)32(43)36-28(16-23-13-22(6)14-27(34)15-23)29(40)20-39(12-9-3)37-31(42)21(4)5/h21-29,40H,7-20H2,1-6H3,(H2,35,41)(H,36,43)(H,37,42). The molecule has 8 unspecified atom stereocenters. The minimum atomic E-state index is -1.04. The number of aliphatic hydroxyl groups excluding tert-OH is 1. The maximum Gasteiger partial charge on any atom is 0.236 e. The van der Waals surface area contributed by atoms with Crippen molar-refractivity contribution in [3.63, 3.8) is 0 Å². The van der Waals surface area contributed by atoms with Gasteiger partial charge in [-0.25, -0.2) is 9.40 Å². The van der Waals surface area contributed by atoms with Crippen LogP contribution in [-0.4, -0.2) is 83.1 Å². The van der Waals surface area contributed by atoms with E-state index in [-0.39, 0.29) is 48.4 Å². The normalized spacial score (nSPS) is 27.0. The highest BCUT2D eigenvalue weighted by molar-refractivity contribution is 5.85. The van der Waals surface area contributed by atoms with Crippen LogP contribution >= 0.6 is 0 Å². The number of amides is 4. The first-order valence-electron chi connectivity index (χ1n) is 17.0. The Morgan fingerprint density at radius 2 is 1.48 bits per heavy atom. The number of rotatable bonds is 17. The lowest BCUT2D eigenvalue weighted by molar-refractivity contribution is -0.141. The van der Waals surface area contributed by atoms with E-state index in [0.29, 0.717) is 51.7 Å². The molecule has 2 aliphatic carbocycles. The van der Waals surface area contributed by atoms with Gasteiger partial charge in [-0.2, -0.15) is 0 Å². The zero-order chi connectivity index (χ0) is 33.0. The van der Waals surface area contributed by atoms with Gasteiger partial charge in [0.15, 0.2) is 0 Å². The van der Waals surface area contributed by atoms with E-state index in [1.807, 2.05) is 32.6 Å².